The highest BCUT2D eigenvalue weighted by atomic mass is 127. The minimum atomic E-state index is -0.405. The highest BCUT2D eigenvalue weighted by Crippen LogP contribution is 2.23. The summed E-state index contributed by atoms with van der Waals surface area (Å²) < 4.78 is 10.6. The molecule has 6 heteroatoms. The third-order valence-corrected chi connectivity index (χ3v) is 4.69. The summed E-state index contributed by atoms with van der Waals surface area (Å²) in [5.41, 5.74) is -0.405. The van der Waals surface area contributed by atoms with Crippen molar-refractivity contribution in [3.8, 4) is 0 Å². The van der Waals surface area contributed by atoms with Gasteiger partial charge in [0.15, 0.2) is 0 Å². The number of hydrogen-bond acceptors (Lipinski definition) is 4. The number of likely N-dealkylation sites (tertiary alicyclic amines) is 1. The van der Waals surface area contributed by atoms with Gasteiger partial charge in [0.25, 0.3) is 0 Å². The summed E-state index contributed by atoms with van der Waals surface area (Å²) in [6.07, 6.45) is 3.35. The quantitative estimate of drug-likeness (QED) is 0.369. The minimum Gasteiger partial charge on any atom is -0.465 e. The van der Waals surface area contributed by atoms with Gasteiger partial charge in [0, 0.05) is 13.1 Å². The van der Waals surface area contributed by atoms with E-state index < -0.39 is 5.60 Å². The van der Waals surface area contributed by atoms with E-state index in [9.17, 15) is 9.59 Å². The first-order valence-corrected chi connectivity index (χ1v) is 9.28. The van der Waals surface area contributed by atoms with Crippen LogP contribution in [0.25, 0.3) is 0 Å². The molecule has 22 heavy (non-hydrogen) atoms. The number of carbonyl (C=O) groups is 2. The number of alkyl halides is 1. The average molecular weight is 425 g/mol. The molecular weight excluding hydrogens is 397 g/mol. The molecule has 0 spiro atoms. The molecule has 1 rings (SSSR count). The van der Waals surface area contributed by atoms with Crippen LogP contribution in [0.4, 0.5) is 4.79 Å². The number of ether oxygens (including phenoxy) is 2. The van der Waals surface area contributed by atoms with Crippen LogP contribution in [0, 0.1) is 5.92 Å². The number of nitrogens with zero attached hydrogens (tertiary/aromatic N) is 1. The van der Waals surface area contributed by atoms with Crippen LogP contribution in [0.2, 0.25) is 0 Å². The summed E-state index contributed by atoms with van der Waals surface area (Å²) in [6, 6.07) is 0. The molecule has 0 radical (unpaired) electrons. The topological polar surface area (TPSA) is 55.8 Å². The molecule has 128 valence electrons. The van der Waals surface area contributed by atoms with Gasteiger partial charge in [-0.2, -0.15) is 0 Å². The first-order valence-electron chi connectivity index (χ1n) is 8.04. The van der Waals surface area contributed by atoms with Crippen LogP contribution in [-0.4, -0.2) is 46.2 Å². The van der Waals surface area contributed by atoms with Crippen molar-refractivity contribution in [3.63, 3.8) is 0 Å². The molecular formula is C16H28INO4. The Morgan fingerprint density at radius 3 is 2.41 bits per heavy atom. The number of carbonyl (C=O) groups excluding carboxylic acids is 2. The molecule has 1 heterocycles. The number of halogens is 1. The maximum Gasteiger partial charge on any atom is 0.410 e. The van der Waals surface area contributed by atoms with E-state index in [1.807, 2.05) is 27.7 Å². The lowest BCUT2D eigenvalue weighted by molar-refractivity contribution is -0.142. The van der Waals surface area contributed by atoms with Gasteiger partial charge in [-0.3, -0.25) is 4.79 Å². The van der Waals surface area contributed by atoms with Crippen LogP contribution < -0.4 is 0 Å². The molecule has 1 aliphatic heterocycles. The summed E-state index contributed by atoms with van der Waals surface area (Å²) >= 11 is 2.05. The van der Waals surface area contributed by atoms with E-state index >= 15 is 0 Å². The zero-order valence-corrected chi connectivity index (χ0v) is 16.2. The molecule has 0 aromatic heterocycles. The van der Waals surface area contributed by atoms with Crippen molar-refractivity contribution in [1.29, 1.82) is 0 Å². The highest BCUT2D eigenvalue weighted by Gasteiger charge is 2.28. The Hall–Kier alpha value is -0.530. The zero-order chi connectivity index (χ0) is 16.8. The van der Waals surface area contributed by atoms with Gasteiger partial charge in [0.2, 0.25) is 0 Å². The molecule has 1 unspecified atom stereocenters. The Morgan fingerprint density at radius 1 is 1.32 bits per heavy atom. The van der Waals surface area contributed by atoms with Crippen LogP contribution in [0.15, 0.2) is 0 Å². The van der Waals surface area contributed by atoms with Crippen molar-refractivity contribution >= 4 is 34.7 Å². The highest BCUT2D eigenvalue weighted by molar-refractivity contribution is 14.1. The molecule has 5 nitrogen and oxygen atoms in total. The van der Waals surface area contributed by atoms with Crippen molar-refractivity contribution < 1.29 is 19.1 Å². The molecule has 0 aromatic rings. The second-order valence-electron chi connectivity index (χ2n) is 6.48. The van der Waals surface area contributed by atoms with Gasteiger partial charge in [-0.1, -0.05) is 29.5 Å². The molecule has 0 N–H and O–H groups in total. The van der Waals surface area contributed by atoms with Gasteiger partial charge in [-0.25, -0.2) is 4.79 Å². The summed E-state index contributed by atoms with van der Waals surface area (Å²) in [4.78, 5) is 25.3. The van der Waals surface area contributed by atoms with Gasteiger partial charge in [0.1, 0.15) is 9.53 Å². The summed E-state index contributed by atoms with van der Waals surface area (Å²) in [5.74, 6) is 0.365. The van der Waals surface area contributed by atoms with Crippen LogP contribution in [0.3, 0.4) is 0 Å². The fraction of sp³-hybridized carbons (Fsp3) is 0.875. The molecule has 0 aliphatic carbocycles. The standard InChI is InChI=1S/C16H28INO4/c1-5-16(3,4)22-15(20)18-9-6-13(7-10-18)8-11-21-14(19)12(2)17/h12-13H,5-11H2,1-4H3. The Balaban J connectivity index is 2.26. The monoisotopic (exact) mass is 425 g/mol. The molecule has 1 amide bonds. The minimum absolute atomic E-state index is 0.101. The molecule has 0 aromatic carbocycles. The smallest absolute Gasteiger partial charge is 0.410 e. The fourth-order valence-electron chi connectivity index (χ4n) is 2.22. The predicted molar refractivity (Wildman–Crippen MR) is 94.2 cm³/mol. The van der Waals surface area contributed by atoms with E-state index in [-0.39, 0.29) is 16.0 Å². The molecule has 1 fully saturated rings. The van der Waals surface area contributed by atoms with Gasteiger partial charge in [-0.15, -0.1) is 0 Å². The second kappa shape index (κ2) is 8.93. The van der Waals surface area contributed by atoms with Crippen molar-refractivity contribution in [3.05, 3.63) is 0 Å². The van der Waals surface area contributed by atoms with Gasteiger partial charge in [0.05, 0.1) is 6.61 Å². The van der Waals surface area contributed by atoms with Crippen molar-refractivity contribution in [2.45, 2.75) is 62.9 Å². The van der Waals surface area contributed by atoms with E-state index in [1.54, 1.807) is 4.90 Å². The van der Waals surface area contributed by atoms with Crippen LogP contribution >= 0.6 is 22.6 Å². The second-order valence-corrected chi connectivity index (χ2v) is 8.35. The fourth-order valence-corrected chi connectivity index (χ4v) is 2.40. The lowest BCUT2D eigenvalue weighted by atomic mass is 9.94. The Morgan fingerprint density at radius 2 is 1.91 bits per heavy atom. The maximum absolute atomic E-state index is 12.1. The summed E-state index contributed by atoms with van der Waals surface area (Å²) in [7, 11) is 0. The Bertz CT molecular complexity index is 376. The molecule has 0 saturated carbocycles. The van der Waals surface area contributed by atoms with E-state index in [0.29, 0.717) is 12.5 Å². The summed E-state index contributed by atoms with van der Waals surface area (Å²) in [6.45, 7) is 9.62. The maximum atomic E-state index is 12.1. The normalized spacial score (nSPS) is 18.0. The van der Waals surface area contributed by atoms with E-state index in [4.69, 9.17) is 9.47 Å². The van der Waals surface area contributed by atoms with Crippen LogP contribution in [0.5, 0.6) is 0 Å². The van der Waals surface area contributed by atoms with Crippen LogP contribution in [-0.2, 0) is 14.3 Å². The average Bonchev–Trinajstić information content (AvgIpc) is 2.47. The Labute approximate surface area is 147 Å². The lowest BCUT2D eigenvalue weighted by Crippen LogP contribution is -2.42. The number of hydrogen-bond donors (Lipinski definition) is 0. The molecule has 0 bridgehead atoms. The van der Waals surface area contributed by atoms with Crippen LogP contribution in [0.1, 0.15) is 53.4 Å². The Kier molecular flexibility index (Phi) is 7.93. The first kappa shape index (κ1) is 19.5. The van der Waals surface area contributed by atoms with E-state index in [2.05, 4.69) is 22.6 Å². The van der Waals surface area contributed by atoms with Crippen molar-refractivity contribution in [1.82, 2.24) is 4.90 Å². The lowest BCUT2D eigenvalue weighted by Gasteiger charge is -2.34. The summed E-state index contributed by atoms with van der Waals surface area (Å²) in [5, 5.41) is 0. The third kappa shape index (κ3) is 6.71. The van der Waals surface area contributed by atoms with Crippen molar-refractivity contribution in [2.24, 2.45) is 5.92 Å². The number of esters is 1. The number of piperidine rings is 1. The first-order chi connectivity index (χ1) is 10.2. The van der Waals surface area contributed by atoms with Gasteiger partial charge < -0.3 is 14.4 Å². The van der Waals surface area contributed by atoms with Gasteiger partial charge >= 0.3 is 12.1 Å². The van der Waals surface area contributed by atoms with E-state index in [1.165, 1.54) is 0 Å². The molecule has 1 aliphatic rings. The predicted octanol–water partition coefficient (Wildman–Crippen LogP) is 3.78. The third-order valence-electron chi connectivity index (χ3n) is 4.18. The number of amides is 1. The zero-order valence-electron chi connectivity index (χ0n) is 14.1. The molecule has 1 saturated heterocycles. The van der Waals surface area contributed by atoms with E-state index in [0.717, 1.165) is 38.8 Å². The molecule has 1 atom stereocenters. The largest absolute Gasteiger partial charge is 0.465 e. The van der Waals surface area contributed by atoms with Crippen molar-refractivity contribution in [2.75, 3.05) is 19.7 Å². The number of rotatable bonds is 6. The SMILES string of the molecule is CCC(C)(C)OC(=O)N1CCC(CCOC(=O)C(C)I)CC1. The van der Waals surface area contributed by atoms with Gasteiger partial charge in [-0.05, 0) is 52.4 Å².